The molecule has 6 heteroatoms. The van der Waals surface area contributed by atoms with E-state index in [9.17, 15) is 19.8 Å². The molecule has 67 heavy (non-hydrogen) atoms. The summed E-state index contributed by atoms with van der Waals surface area (Å²) in [6.45, 7) is 6.43. The molecule has 0 bridgehead atoms. The van der Waals surface area contributed by atoms with Crippen LogP contribution >= 0.6 is 0 Å². The molecule has 0 heterocycles. The van der Waals surface area contributed by atoms with Crippen molar-refractivity contribution in [3.63, 3.8) is 0 Å². The maximum Gasteiger partial charge on any atom is 0.306 e. The molecule has 0 aliphatic carbocycles. The lowest BCUT2D eigenvalue weighted by Gasteiger charge is -2.24. The van der Waals surface area contributed by atoms with Gasteiger partial charge in [-0.05, 0) is 77.0 Å². The molecular formula is C61H107NO5. The number of hydrogen-bond acceptors (Lipinski definition) is 5. The Morgan fingerprint density at radius 2 is 0.761 bits per heavy atom. The van der Waals surface area contributed by atoms with Gasteiger partial charge in [0.1, 0.15) is 6.10 Å². The third-order valence-corrected chi connectivity index (χ3v) is 12.6. The minimum Gasteiger partial charge on any atom is -0.462 e. The lowest BCUT2D eigenvalue weighted by Crippen LogP contribution is -2.46. The van der Waals surface area contributed by atoms with E-state index in [1.807, 2.05) is 6.08 Å². The number of aliphatic hydroxyl groups excluding tert-OH is 2. The van der Waals surface area contributed by atoms with Crippen molar-refractivity contribution in [1.82, 2.24) is 5.32 Å². The van der Waals surface area contributed by atoms with Gasteiger partial charge in [0, 0.05) is 6.42 Å². The van der Waals surface area contributed by atoms with Gasteiger partial charge in [-0.3, -0.25) is 9.59 Å². The normalized spacial score (nSPS) is 13.8. The quantitative estimate of drug-likeness (QED) is 0.0321. The van der Waals surface area contributed by atoms with E-state index in [4.69, 9.17) is 4.74 Å². The predicted molar refractivity (Wildman–Crippen MR) is 291 cm³/mol. The second-order valence-corrected chi connectivity index (χ2v) is 19.1. The highest BCUT2D eigenvalue weighted by Crippen LogP contribution is 2.17. The van der Waals surface area contributed by atoms with Crippen LogP contribution in [-0.2, 0) is 14.3 Å². The Morgan fingerprint density at radius 3 is 1.19 bits per heavy atom. The molecular weight excluding hydrogens is 827 g/mol. The van der Waals surface area contributed by atoms with E-state index in [0.717, 1.165) is 96.3 Å². The van der Waals surface area contributed by atoms with Gasteiger partial charge in [-0.1, -0.05) is 260 Å². The van der Waals surface area contributed by atoms with Crippen molar-refractivity contribution in [1.29, 1.82) is 0 Å². The molecule has 0 aliphatic rings. The van der Waals surface area contributed by atoms with E-state index >= 15 is 0 Å². The van der Waals surface area contributed by atoms with E-state index in [2.05, 4.69) is 105 Å². The molecule has 0 aromatic rings. The van der Waals surface area contributed by atoms with Crippen LogP contribution < -0.4 is 5.32 Å². The van der Waals surface area contributed by atoms with Crippen LogP contribution in [0.2, 0.25) is 0 Å². The fraction of sp³-hybridized carbons (Fsp3) is 0.738. The SMILES string of the molecule is CCCCC/C=C/C=C/C=C/C=C/CCCCCC(CC(=O)NC(CO)C(O)CCCCCCCCCCCCCCCC)OC(=O)CCCCCCC/C=C/C=C/C=C/CCCCCCC. The molecule has 0 aromatic heterocycles. The van der Waals surface area contributed by atoms with Crippen LogP contribution in [0.1, 0.15) is 265 Å². The zero-order valence-electron chi connectivity index (χ0n) is 44.0. The van der Waals surface area contributed by atoms with Crippen molar-refractivity contribution < 1.29 is 24.5 Å². The van der Waals surface area contributed by atoms with Crippen molar-refractivity contribution in [3.8, 4) is 0 Å². The second-order valence-electron chi connectivity index (χ2n) is 19.1. The van der Waals surface area contributed by atoms with Crippen LogP contribution in [0, 0.1) is 0 Å². The minimum atomic E-state index is -0.807. The lowest BCUT2D eigenvalue weighted by molar-refractivity contribution is -0.151. The number of esters is 1. The van der Waals surface area contributed by atoms with Crippen LogP contribution in [0.5, 0.6) is 0 Å². The number of amides is 1. The van der Waals surface area contributed by atoms with E-state index in [1.165, 1.54) is 122 Å². The Balaban J connectivity index is 4.70. The third-order valence-electron chi connectivity index (χ3n) is 12.6. The van der Waals surface area contributed by atoms with Crippen LogP contribution in [0.15, 0.2) is 85.1 Å². The van der Waals surface area contributed by atoms with Crippen molar-refractivity contribution in [2.24, 2.45) is 0 Å². The Labute approximate surface area is 414 Å². The van der Waals surface area contributed by atoms with E-state index in [-0.39, 0.29) is 24.9 Å². The predicted octanol–water partition coefficient (Wildman–Crippen LogP) is 17.5. The van der Waals surface area contributed by atoms with Gasteiger partial charge in [0.2, 0.25) is 5.91 Å². The van der Waals surface area contributed by atoms with E-state index in [0.29, 0.717) is 19.3 Å². The number of aliphatic hydroxyl groups is 2. The van der Waals surface area contributed by atoms with Crippen LogP contribution in [-0.4, -0.2) is 46.9 Å². The molecule has 3 atom stereocenters. The van der Waals surface area contributed by atoms with E-state index in [1.54, 1.807) is 0 Å². The largest absolute Gasteiger partial charge is 0.462 e. The highest BCUT2D eigenvalue weighted by Gasteiger charge is 2.24. The molecule has 0 fully saturated rings. The summed E-state index contributed by atoms with van der Waals surface area (Å²) in [5, 5.41) is 23.8. The first-order valence-corrected chi connectivity index (χ1v) is 28.4. The average Bonchev–Trinajstić information content (AvgIpc) is 3.32. The number of allylic oxidation sites excluding steroid dienone is 14. The first kappa shape index (κ1) is 64.0. The van der Waals surface area contributed by atoms with Gasteiger partial charge < -0.3 is 20.3 Å². The first-order valence-electron chi connectivity index (χ1n) is 28.4. The molecule has 3 unspecified atom stereocenters. The smallest absolute Gasteiger partial charge is 0.306 e. The highest BCUT2D eigenvalue weighted by atomic mass is 16.5. The highest BCUT2D eigenvalue weighted by molar-refractivity contribution is 5.77. The topological polar surface area (TPSA) is 95.9 Å². The summed E-state index contributed by atoms with van der Waals surface area (Å²) in [4.78, 5) is 26.3. The Morgan fingerprint density at radius 1 is 0.433 bits per heavy atom. The maximum absolute atomic E-state index is 13.3. The van der Waals surface area contributed by atoms with Crippen molar-refractivity contribution >= 4 is 11.9 Å². The van der Waals surface area contributed by atoms with Crippen LogP contribution in [0.3, 0.4) is 0 Å². The second kappa shape index (κ2) is 54.0. The summed E-state index contributed by atoms with van der Waals surface area (Å²) in [6.07, 6.45) is 70.6. The monoisotopic (exact) mass is 934 g/mol. The summed E-state index contributed by atoms with van der Waals surface area (Å²) in [5.41, 5.74) is 0. The summed E-state index contributed by atoms with van der Waals surface area (Å²) in [5.74, 6) is -0.535. The van der Waals surface area contributed by atoms with Crippen LogP contribution in [0.4, 0.5) is 0 Å². The fourth-order valence-corrected chi connectivity index (χ4v) is 8.27. The molecule has 0 saturated carbocycles. The Hall–Kier alpha value is -2.96. The summed E-state index contributed by atoms with van der Waals surface area (Å²) < 4.78 is 5.93. The average molecular weight is 935 g/mol. The third kappa shape index (κ3) is 49.3. The fourth-order valence-electron chi connectivity index (χ4n) is 8.27. The number of unbranched alkanes of at least 4 members (excludes halogenated alkanes) is 29. The number of carbonyl (C=O) groups is 2. The van der Waals surface area contributed by atoms with Gasteiger partial charge in [0.25, 0.3) is 0 Å². The molecule has 0 aliphatic heterocycles. The molecule has 0 saturated heterocycles. The molecule has 3 N–H and O–H groups in total. The maximum atomic E-state index is 13.3. The molecule has 1 amide bonds. The molecule has 0 radical (unpaired) electrons. The van der Waals surface area contributed by atoms with Crippen molar-refractivity contribution in [2.75, 3.05) is 6.61 Å². The van der Waals surface area contributed by atoms with Crippen LogP contribution in [0.25, 0.3) is 0 Å². The van der Waals surface area contributed by atoms with Crippen molar-refractivity contribution in [3.05, 3.63) is 85.1 Å². The van der Waals surface area contributed by atoms with Crippen molar-refractivity contribution in [2.45, 2.75) is 283 Å². The molecule has 6 nitrogen and oxygen atoms in total. The zero-order chi connectivity index (χ0) is 48.8. The Bertz CT molecular complexity index is 1280. The minimum absolute atomic E-state index is 0.0398. The molecule has 0 aromatic carbocycles. The lowest BCUT2D eigenvalue weighted by atomic mass is 10.0. The number of carbonyl (C=O) groups excluding carboxylic acids is 2. The summed E-state index contributed by atoms with van der Waals surface area (Å²) in [7, 11) is 0. The molecule has 386 valence electrons. The van der Waals surface area contributed by atoms with Gasteiger partial charge in [-0.25, -0.2) is 0 Å². The van der Waals surface area contributed by atoms with E-state index < -0.39 is 18.2 Å². The summed E-state index contributed by atoms with van der Waals surface area (Å²) in [6, 6.07) is -0.724. The summed E-state index contributed by atoms with van der Waals surface area (Å²) >= 11 is 0. The van der Waals surface area contributed by atoms with Gasteiger partial charge in [0.05, 0.1) is 25.2 Å². The Kier molecular flexibility index (Phi) is 51.6. The number of hydrogen-bond donors (Lipinski definition) is 3. The standard InChI is InChI=1S/C61H107NO5/c1-4-7-10-13-16-19-22-25-28-30-31-33-36-39-42-45-48-51-54-61(66)67-57(52-49-46-43-40-37-34-32-29-26-23-20-17-14-11-8-5-2)55-60(65)62-58(56-63)59(64)53-50-47-44-41-38-35-27-24-21-18-15-12-9-6-3/h17,20,22-23,25-26,28-34,37,57-59,63-64H,4-16,18-19,21,24,27,35-36,38-56H2,1-3H3,(H,62,65)/b20-17+,25-22+,26-23+,30-28+,32-29+,33-31+,37-34+. The molecule has 0 rings (SSSR count). The van der Waals surface area contributed by atoms with Gasteiger partial charge >= 0.3 is 5.97 Å². The van der Waals surface area contributed by atoms with Gasteiger partial charge in [0.15, 0.2) is 0 Å². The van der Waals surface area contributed by atoms with Gasteiger partial charge in [-0.15, -0.1) is 0 Å². The number of rotatable bonds is 50. The zero-order valence-corrected chi connectivity index (χ0v) is 44.0. The van der Waals surface area contributed by atoms with Gasteiger partial charge in [-0.2, -0.15) is 0 Å². The molecule has 0 spiro atoms. The number of nitrogens with one attached hydrogen (secondary N) is 1. The number of ether oxygens (including phenoxy) is 1. The first-order chi connectivity index (χ1) is 33.0.